The fraction of sp³-hybridized carbons (Fsp3) is 0.526. The van der Waals surface area contributed by atoms with Crippen LogP contribution in [0, 0.1) is 0 Å². The zero-order valence-electron chi connectivity index (χ0n) is 16.2. The van der Waals surface area contributed by atoms with Crippen molar-refractivity contribution in [1.29, 1.82) is 0 Å². The summed E-state index contributed by atoms with van der Waals surface area (Å²) in [5, 5.41) is 13.4. The second-order valence-corrected chi connectivity index (χ2v) is 7.92. The molecule has 0 radical (unpaired) electrons. The van der Waals surface area contributed by atoms with Gasteiger partial charge in [0, 0.05) is 44.8 Å². The van der Waals surface area contributed by atoms with E-state index in [2.05, 4.69) is 32.0 Å². The van der Waals surface area contributed by atoms with Gasteiger partial charge in [-0.15, -0.1) is 15.3 Å². The molecule has 146 valence electrons. The van der Waals surface area contributed by atoms with E-state index < -0.39 is 0 Å². The Morgan fingerprint density at radius 3 is 2.75 bits per heavy atom. The summed E-state index contributed by atoms with van der Waals surface area (Å²) in [7, 11) is 3.88. The van der Waals surface area contributed by atoms with E-state index in [4.69, 9.17) is 5.10 Å². The topological polar surface area (TPSA) is 84.5 Å². The molecule has 5 rings (SSSR count). The predicted molar refractivity (Wildman–Crippen MR) is 104 cm³/mol. The third-order valence-electron chi connectivity index (χ3n) is 6.13. The lowest BCUT2D eigenvalue weighted by Crippen LogP contribution is -2.58. The van der Waals surface area contributed by atoms with Gasteiger partial charge in [0.1, 0.15) is 5.82 Å². The number of likely N-dealkylation sites (N-methyl/N-ethyl adjacent to an activating group) is 1. The Labute approximate surface area is 162 Å². The highest BCUT2D eigenvalue weighted by Crippen LogP contribution is 2.35. The molecule has 0 unspecified atom stereocenters. The molecule has 1 aliphatic heterocycles. The van der Waals surface area contributed by atoms with Gasteiger partial charge in [0.2, 0.25) is 0 Å². The molecular weight excluding hydrogens is 356 g/mol. The molecule has 0 aromatic carbocycles. The summed E-state index contributed by atoms with van der Waals surface area (Å²) in [5.41, 5.74) is 1.66. The number of hydrogen-bond acceptors (Lipinski definition) is 7. The van der Waals surface area contributed by atoms with Gasteiger partial charge in [-0.1, -0.05) is 6.42 Å². The van der Waals surface area contributed by atoms with Gasteiger partial charge in [-0.25, -0.2) is 0 Å². The molecule has 0 spiro atoms. The first-order valence-corrected chi connectivity index (χ1v) is 9.77. The maximum Gasteiger partial charge on any atom is 0.268 e. The minimum atomic E-state index is -0.0742. The lowest BCUT2D eigenvalue weighted by Gasteiger charge is -2.44. The Kier molecular flexibility index (Phi) is 4.12. The summed E-state index contributed by atoms with van der Waals surface area (Å²) >= 11 is 0. The predicted octanol–water partition coefficient (Wildman–Crippen LogP) is 0.806. The van der Waals surface area contributed by atoms with Gasteiger partial charge in [0.05, 0.1) is 11.9 Å². The summed E-state index contributed by atoms with van der Waals surface area (Å²) in [6.07, 6.45) is 6.74. The van der Waals surface area contributed by atoms with E-state index in [1.54, 1.807) is 17.8 Å². The third kappa shape index (κ3) is 2.86. The minimum absolute atomic E-state index is 0.0742. The van der Waals surface area contributed by atoms with E-state index >= 15 is 0 Å². The Morgan fingerprint density at radius 2 is 2.00 bits per heavy atom. The van der Waals surface area contributed by atoms with Crippen LogP contribution in [-0.4, -0.2) is 60.4 Å². The normalized spacial score (nSPS) is 17.9. The van der Waals surface area contributed by atoms with Crippen molar-refractivity contribution in [1.82, 2.24) is 34.3 Å². The molecule has 2 fully saturated rings. The second kappa shape index (κ2) is 6.66. The van der Waals surface area contributed by atoms with Crippen LogP contribution in [0.5, 0.6) is 0 Å². The number of nitrogens with zero attached hydrogens (tertiary/aromatic N) is 8. The Bertz CT molecular complexity index is 1060. The van der Waals surface area contributed by atoms with Crippen molar-refractivity contribution in [2.45, 2.75) is 37.8 Å². The lowest BCUT2D eigenvalue weighted by atomic mass is 9.85. The summed E-state index contributed by atoms with van der Waals surface area (Å²) in [4.78, 5) is 20.3. The molecule has 1 aliphatic carbocycles. The van der Waals surface area contributed by atoms with E-state index in [-0.39, 0.29) is 5.56 Å². The first-order valence-electron chi connectivity index (χ1n) is 9.77. The lowest BCUT2D eigenvalue weighted by molar-refractivity contribution is 0.192. The Balaban J connectivity index is 1.27. The van der Waals surface area contributed by atoms with Crippen LogP contribution < -0.4 is 10.5 Å². The first-order chi connectivity index (χ1) is 13.6. The number of rotatable bonds is 5. The van der Waals surface area contributed by atoms with Crippen LogP contribution in [0.1, 0.15) is 36.7 Å². The second-order valence-electron chi connectivity index (χ2n) is 7.92. The van der Waals surface area contributed by atoms with Gasteiger partial charge >= 0.3 is 0 Å². The number of hydrogen-bond donors (Lipinski definition) is 0. The largest absolute Gasteiger partial charge is 0.352 e. The SMILES string of the molecule is CN(Cc1cncc(=O)n1C)C1CN(c2ccc3nnc(C4CCC4)n3n2)C1. The molecule has 0 amide bonds. The number of fused-ring (bicyclic) bond motifs is 1. The number of anilines is 1. The van der Waals surface area contributed by atoms with E-state index in [0.29, 0.717) is 18.5 Å². The highest BCUT2D eigenvalue weighted by atomic mass is 16.1. The van der Waals surface area contributed by atoms with Gasteiger partial charge in [-0.3, -0.25) is 14.7 Å². The molecule has 1 saturated carbocycles. The molecule has 3 aromatic rings. The van der Waals surface area contributed by atoms with Gasteiger partial charge < -0.3 is 9.47 Å². The van der Waals surface area contributed by atoms with Crippen molar-refractivity contribution in [2.75, 3.05) is 25.0 Å². The van der Waals surface area contributed by atoms with Crippen molar-refractivity contribution < 1.29 is 0 Å². The fourth-order valence-corrected chi connectivity index (χ4v) is 3.84. The number of aromatic nitrogens is 6. The molecule has 9 heteroatoms. The molecule has 0 bridgehead atoms. The molecule has 0 atom stereocenters. The molecule has 9 nitrogen and oxygen atoms in total. The summed E-state index contributed by atoms with van der Waals surface area (Å²) < 4.78 is 3.57. The van der Waals surface area contributed by atoms with E-state index in [1.807, 2.05) is 16.6 Å². The van der Waals surface area contributed by atoms with Crippen LogP contribution in [-0.2, 0) is 13.6 Å². The van der Waals surface area contributed by atoms with Crippen LogP contribution >= 0.6 is 0 Å². The molecule has 4 heterocycles. The molecular formula is C19H24N8O. The average Bonchev–Trinajstić information content (AvgIpc) is 2.99. The van der Waals surface area contributed by atoms with Crippen LogP contribution in [0.3, 0.4) is 0 Å². The summed E-state index contributed by atoms with van der Waals surface area (Å²) in [6, 6.07) is 4.44. The van der Waals surface area contributed by atoms with Gasteiger partial charge in [0.25, 0.3) is 5.56 Å². The molecule has 2 aliphatic rings. The smallest absolute Gasteiger partial charge is 0.268 e. The summed E-state index contributed by atoms with van der Waals surface area (Å²) in [5.74, 6) is 2.46. The average molecular weight is 380 g/mol. The van der Waals surface area contributed by atoms with Crippen LogP contribution in [0.2, 0.25) is 0 Å². The van der Waals surface area contributed by atoms with Crippen molar-refractivity contribution >= 4 is 11.5 Å². The Morgan fingerprint density at radius 1 is 1.18 bits per heavy atom. The molecule has 1 saturated heterocycles. The van der Waals surface area contributed by atoms with Gasteiger partial charge in [-0.2, -0.15) is 4.52 Å². The minimum Gasteiger partial charge on any atom is -0.352 e. The Hall–Kier alpha value is -2.81. The van der Waals surface area contributed by atoms with E-state index in [9.17, 15) is 4.79 Å². The zero-order chi connectivity index (χ0) is 19.3. The standard InChI is InChI=1S/C19H24N8O/c1-24(10-14-8-20-9-18(28)25(14)2)15-11-26(12-15)17-7-6-16-21-22-19(27(16)23-17)13-4-3-5-13/h6-9,13,15H,3-5,10-12H2,1-2H3. The van der Waals surface area contributed by atoms with Crippen molar-refractivity contribution in [3.63, 3.8) is 0 Å². The molecule has 28 heavy (non-hydrogen) atoms. The fourth-order valence-electron chi connectivity index (χ4n) is 3.84. The van der Waals surface area contributed by atoms with Crippen molar-refractivity contribution in [2.24, 2.45) is 7.05 Å². The first kappa shape index (κ1) is 17.3. The monoisotopic (exact) mass is 380 g/mol. The summed E-state index contributed by atoms with van der Waals surface area (Å²) in [6.45, 7) is 2.51. The van der Waals surface area contributed by atoms with Gasteiger partial charge in [-0.05, 0) is 32.0 Å². The molecule has 3 aromatic heterocycles. The van der Waals surface area contributed by atoms with Crippen LogP contribution in [0.15, 0.2) is 29.3 Å². The molecule has 0 N–H and O–H groups in total. The van der Waals surface area contributed by atoms with Crippen LogP contribution in [0.4, 0.5) is 5.82 Å². The maximum atomic E-state index is 11.8. The quantitative estimate of drug-likeness (QED) is 0.647. The van der Waals surface area contributed by atoms with Crippen molar-refractivity contribution in [3.8, 4) is 0 Å². The maximum absolute atomic E-state index is 11.8. The highest BCUT2D eigenvalue weighted by molar-refractivity contribution is 5.48. The van der Waals surface area contributed by atoms with Gasteiger partial charge in [0.15, 0.2) is 11.5 Å². The zero-order valence-corrected chi connectivity index (χ0v) is 16.2. The van der Waals surface area contributed by atoms with Crippen LogP contribution in [0.25, 0.3) is 5.65 Å². The third-order valence-corrected chi connectivity index (χ3v) is 6.13. The van der Waals surface area contributed by atoms with E-state index in [0.717, 1.165) is 36.1 Å². The van der Waals surface area contributed by atoms with E-state index in [1.165, 1.54) is 25.5 Å². The van der Waals surface area contributed by atoms with Crippen molar-refractivity contribution in [3.05, 3.63) is 46.4 Å². The highest BCUT2D eigenvalue weighted by Gasteiger charge is 2.32.